The monoisotopic (exact) mass is 658 g/mol. The molecule has 0 unspecified atom stereocenters. The summed E-state index contributed by atoms with van der Waals surface area (Å²) in [5, 5.41) is 9.26. The largest absolute Gasteiger partial charge is 0.490 e. The zero-order chi connectivity index (χ0) is 31.9. The van der Waals surface area contributed by atoms with Crippen LogP contribution in [0.4, 0.5) is 5.69 Å². The fourth-order valence-corrected chi connectivity index (χ4v) is 8.97. The number of ether oxygens (including phenoxy) is 2. The highest BCUT2D eigenvalue weighted by Crippen LogP contribution is 2.47. The lowest BCUT2D eigenvalue weighted by atomic mass is 9.68. The van der Waals surface area contributed by atoms with Gasteiger partial charge in [0.05, 0.1) is 23.6 Å². The number of carboxylic acids is 1. The van der Waals surface area contributed by atoms with Crippen LogP contribution < -0.4 is 14.4 Å². The Morgan fingerprint density at radius 1 is 1.22 bits per heavy atom. The van der Waals surface area contributed by atoms with E-state index in [1.165, 1.54) is 11.1 Å². The van der Waals surface area contributed by atoms with Gasteiger partial charge in [0, 0.05) is 30.5 Å². The molecular formula is C34H43ClN2O7S. The maximum Gasteiger partial charge on any atom is 0.329 e. The van der Waals surface area contributed by atoms with E-state index < -0.39 is 39.9 Å². The number of sulfonamides is 1. The summed E-state index contributed by atoms with van der Waals surface area (Å²) in [5.74, 6) is -1.04. The van der Waals surface area contributed by atoms with Crippen molar-refractivity contribution < 1.29 is 34.0 Å². The first kappa shape index (κ1) is 31.9. The predicted molar refractivity (Wildman–Crippen MR) is 175 cm³/mol. The second-order valence-corrected chi connectivity index (χ2v) is 15.8. The topological polar surface area (TPSA) is 122 Å². The SMILES string of the molecule is C[C@H]1C/C=C/[C@H](OCC(=O)O)[C@@H]2CC[C@H]2CN2C[C@@]3(CCCc4cc(Cl)ccc43)COc3ccc(cc32)C(=O)NS(=O)(=O)[C@H]1C.[HH]. The number of carboxylic acid groups (broad SMARTS) is 1. The third kappa shape index (κ3) is 6.46. The molecule has 1 amide bonds. The van der Waals surface area contributed by atoms with Crippen LogP contribution in [0.25, 0.3) is 0 Å². The van der Waals surface area contributed by atoms with Crippen molar-refractivity contribution in [1.82, 2.24) is 4.72 Å². The molecule has 0 saturated heterocycles. The lowest BCUT2D eigenvalue weighted by Crippen LogP contribution is -2.49. The Labute approximate surface area is 271 Å². The van der Waals surface area contributed by atoms with E-state index in [2.05, 4.69) is 15.7 Å². The number of anilines is 1. The second kappa shape index (κ2) is 12.6. The minimum atomic E-state index is -3.98. The van der Waals surface area contributed by atoms with E-state index in [0.29, 0.717) is 36.9 Å². The van der Waals surface area contributed by atoms with E-state index in [0.717, 1.165) is 37.8 Å². The minimum Gasteiger partial charge on any atom is -0.490 e. The van der Waals surface area contributed by atoms with E-state index in [1.807, 2.05) is 31.2 Å². The number of benzene rings is 2. The fraction of sp³-hybridized carbons (Fsp3) is 0.529. The lowest BCUT2D eigenvalue weighted by molar-refractivity contribution is -0.145. The number of rotatable bonds is 3. The molecule has 0 aromatic heterocycles. The van der Waals surface area contributed by atoms with E-state index in [1.54, 1.807) is 25.1 Å². The first-order valence-corrected chi connectivity index (χ1v) is 17.7. The standard InChI is InChI=1S/C34H41ClN2O7S.H2/c1-21-5-3-7-30(43-18-32(38)39)27-11-8-25(27)17-37-19-34(14-4-6-23-15-26(35)10-12-28(23)34)20-44-31-13-9-24(16-29(31)37)33(40)36-45(41,42)22(21)2;/h3,7,9-10,12-13,15-16,21-22,25,27,30H,4-6,8,11,14,17-20H2,1-2H3,(H,36,40)(H,38,39);1H/b7-3+;/t21-,22-,25-,27+,30-,34-;/m0./s1. The molecule has 2 bridgehead atoms. The number of hydrogen-bond donors (Lipinski definition) is 2. The summed E-state index contributed by atoms with van der Waals surface area (Å²) in [6, 6.07) is 11.2. The minimum absolute atomic E-state index is 0. The number of nitrogens with one attached hydrogen (secondary N) is 1. The van der Waals surface area contributed by atoms with Gasteiger partial charge < -0.3 is 19.5 Å². The number of allylic oxidation sites excluding steroid dienone is 1. The Morgan fingerprint density at radius 3 is 2.80 bits per heavy atom. The van der Waals surface area contributed by atoms with E-state index in [-0.39, 0.29) is 30.2 Å². The smallest absolute Gasteiger partial charge is 0.329 e. The van der Waals surface area contributed by atoms with Gasteiger partial charge in [-0.15, -0.1) is 0 Å². The van der Waals surface area contributed by atoms with Crippen molar-refractivity contribution in [2.45, 2.75) is 69.1 Å². The van der Waals surface area contributed by atoms with Gasteiger partial charge in [0.1, 0.15) is 12.4 Å². The Hall–Kier alpha value is -3.08. The summed E-state index contributed by atoms with van der Waals surface area (Å²) in [4.78, 5) is 27.2. The molecular weight excluding hydrogens is 616 g/mol. The number of amides is 1. The van der Waals surface area contributed by atoms with Gasteiger partial charge in [0.2, 0.25) is 10.0 Å². The van der Waals surface area contributed by atoms with Crippen molar-refractivity contribution in [3.63, 3.8) is 0 Å². The first-order chi connectivity index (χ1) is 21.5. The average molecular weight is 659 g/mol. The highest BCUT2D eigenvalue weighted by atomic mass is 35.5. The maximum atomic E-state index is 13.4. The number of aryl methyl sites for hydroxylation is 1. The molecule has 1 fully saturated rings. The highest BCUT2D eigenvalue weighted by molar-refractivity contribution is 7.90. The zero-order valence-corrected chi connectivity index (χ0v) is 27.3. The van der Waals surface area contributed by atoms with Gasteiger partial charge >= 0.3 is 5.97 Å². The van der Waals surface area contributed by atoms with Crippen molar-refractivity contribution in [2.75, 3.05) is 31.2 Å². The van der Waals surface area contributed by atoms with Crippen molar-refractivity contribution >= 4 is 39.2 Å². The summed E-state index contributed by atoms with van der Waals surface area (Å²) in [7, 11) is -3.98. The molecule has 6 atom stereocenters. The molecule has 9 nitrogen and oxygen atoms in total. The molecule has 2 aliphatic carbocycles. The van der Waals surface area contributed by atoms with Gasteiger partial charge in [-0.3, -0.25) is 4.79 Å². The van der Waals surface area contributed by atoms with Crippen LogP contribution in [-0.4, -0.2) is 63.1 Å². The van der Waals surface area contributed by atoms with Crippen LogP contribution in [0.2, 0.25) is 5.02 Å². The van der Waals surface area contributed by atoms with Gasteiger partial charge in [-0.05, 0) is 105 Å². The molecule has 11 heteroatoms. The van der Waals surface area contributed by atoms with Gasteiger partial charge in [0.15, 0.2) is 0 Å². The van der Waals surface area contributed by atoms with Crippen molar-refractivity contribution in [3.05, 3.63) is 70.3 Å². The Bertz CT molecular complexity index is 1620. The van der Waals surface area contributed by atoms with Crippen LogP contribution in [0.5, 0.6) is 5.75 Å². The zero-order valence-electron chi connectivity index (χ0n) is 25.7. The van der Waals surface area contributed by atoms with Crippen molar-refractivity contribution in [2.24, 2.45) is 17.8 Å². The van der Waals surface area contributed by atoms with Crippen LogP contribution in [-0.2, 0) is 31.4 Å². The van der Waals surface area contributed by atoms with Gasteiger partial charge in [-0.1, -0.05) is 36.7 Å². The molecule has 6 rings (SSSR count). The molecule has 0 radical (unpaired) electrons. The van der Waals surface area contributed by atoms with Gasteiger partial charge in [0.25, 0.3) is 5.91 Å². The Kier molecular flexibility index (Phi) is 8.93. The first-order valence-electron chi connectivity index (χ1n) is 15.8. The van der Waals surface area contributed by atoms with Crippen molar-refractivity contribution in [1.29, 1.82) is 0 Å². The number of hydrogen-bond acceptors (Lipinski definition) is 7. The van der Waals surface area contributed by atoms with Gasteiger partial charge in [-0.25, -0.2) is 17.9 Å². The third-order valence-electron chi connectivity index (χ3n) is 10.4. The molecule has 244 valence electrons. The third-order valence-corrected chi connectivity index (χ3v) is 12.6. The normalized spacial score (nSPS) is 31.8. The molecule has 2 aliphatic heterocycles. The van der Waals surface area contributed by atoms with Crippen LogP contribution in [0.15, 0.2) is 48.6 Å². The second-order valence-electron chi connectivity index (χ2n) is 13.3. The molecule has 45 heavy (non-hydrogen) atoms. The van der Waals surface area contributed by atoms with Crippen LogP contribution in [0, 0.1) is 17.8 Å². The van der Waals surface area contributed by atoms with E-state index >= 15 is 0 Å². The van der Waals surface area contributed by atoms with Crippen LogP contribution in [0.3, 0.4) is 0 Å². The van der Waals surface area contributed by atoms with E-state index in [9.17, 15) is 23.1 Å². The molecule has 2 aromatic rings. The number of fused-ring (bicyclic) bond motifs is 4. The maximum absolute atomic E-state index is 13.4. The van der Waals surface area contributed by atoms with Gasteiger partial charge in [-0.2, -0.15) is 0 Å². The molecule has 4 aliphatic rings. The number of aliphatic carboxylic acids is 1. The Balaban J connectivity index is 0.00000417. The van der Waals surface area contributed by atoms with Crippen LogP contribution >= 0.6 is 11.6 Å². The number of halogens is 1. The van der Waals surface area contributed by atoms with Crippen LogP contribution in [0.1, 0.15) is 68.9 Å². The predicted octanol–water partition coefficient (Wildman–Crippen LogP) is 5.60. The number of carbonyl (C=O) groups is 2. The molecule has 2 N–H and O–H groups in total. The van der Waals surface area contributed by atoms with E-state index in [4.69, 9.17) is 21.1 Å². The molecule has 1 spiro atoms. The number of nitrogens with zero attached hydrogens (tertiary/aromatic N) is 1. The summed E-state index contributed by atoms with van der Waals surface area (Å²) < 4.78 is 41.3. The summed E-state index contributed by atoms with van der Waals surface area (Å²) in [6.45, 7) is 4.78. The lowest BCUT2D eigenvalue weighted by Gasteiger charge is -2.46. The number of carbonyl (C=O) groups excluding carboxylic acids is 1. The van der Waals surface area contributed by atoms with Crippen molar-refractivity contribution in [3.8, 4) is 5.75 Å². The summed E-state index contributed by atoms with van der Waals surface area (Å²) in [6.07, 6.45) is 8.54. The molecule has 1 saturated carbocycles. The average Bonchev–Trinajstić information content (AvgIpc) is 3.13. The summed E-state index contributed by atoms with van der Waals surface area (Å²) >= 11 is 6.40. The fourth-order valence-electron chi connectivity index (χ4n) is 7.49. The molecule has 2 aromatic carbocycles. The highest BCUT2D eigenvalue weighted by Gasteiger charge is 2.44. The Morgan fingerprint density at radius 2 is 2.04 bits per heavy atom. The molecule has 2 heterocycles. The quantitative estimate of drug-likeness (QED) is 0.409. The summed E-state index contributed by atoms with van der Waals surface area (Å²) in [5.41, 5.74) is 3.13.